The highest BCUT2D eigenvalue weighted by Gasteiger charge is 2.20. The number of allylic oxidation sites excluding steroid dienone is 4. The van der Waals surface area contributed by atoms with Crippen molar-refractivity contribution in [3.8, 4) is 0 Å². The molecule has 0 bridgehead atoms. The molecule has 1 aromatic heterocycles. The summed E-state index contributed by atoms with van der Waals surface area (Å²) in [7, 11) is 0. The maximum atomic E-state index is 4.54. The van der Waals surface area contributed by atoms with Crippen molar-refractivity contribution < 1.29 is 0 Å². The molecule has 0 aliphatic carbocycles. The molecule has 1 saturated heterocycles. The molecule has 2 heterocycles. The van der Waals surface area contributed by atoms with Crippen LogP contribution in [0.4, 0.5) is 5.82 Å². The lowest BCUT2D eigenvalue weighted by Gasteiger charge is -2.33. The zero-order valence-electron chi connectivity index (χ0n) is 14.5. The molecule has 1 atom stereocenters. The van der Waals surface area contributed by atoms with Gasteiger partial charge in [-0.3, -0.25) is 0 Å². The second kappa shape index (κ2) is 7.54. The summed E-state index contributed by atoms with van der Waals surface area (Å²) in [5.41, 5.74) is 4.88. The Morgan fingerprint density at radius 3 is 2.68 bits per heavy atom. The van der Waals surface area contributed by atoms with E-state index in [1.54, 1.807) is 0 Å². The molecule has 0 aromatic carbocycles. The van der Waals surface area contributed by atoms with Crippen molar-refractivity contribution >= 4 is 5.82 Å². The van der Waals surface area contributed by atoms with E-state index in [9.17, 15) is 0 Å². The van der Waals surface area contributed by atoms with Crippen molar-refractivity contribution in [1.82, 2.24) is 15.5 Å². The number of nitrogens with one attached hydrogen (secondary N) is 1. The van der Waals surface area contributed by atoms with Gasteiger partial charge in [0.1, 0.15) is 0 Å². The summed E-state index contributed by atoms with van der Waals surface area (Å²) in [4.78, 5) is 2.35. The molecule has 1 N–H and O–H groups in total. The van der Waals surface area contributed by atoms with E-state index >= 15 is 0 Å². The van der Waals surface area contributed by atoms with Gasteiger partial charge in [-0.15, -0.1) is 5.10 Å². The van der Waals surface area contributed by atoms with Gasteiger partial charge in [0, 0.05) is 32.1 Å². The third-order valence-electron chi connectivity index (χ3n) is 4.39. The summed E-state index contributed by atoms with van der Waals surface area (Å²) in [6.07, 6.45) is 7.20. The predicted octanol–water partition coefficient (Wildman–Crippen LogP) is 2.96. The monoisotopic (exact) mass is 300 g/mol. The fraction of sp³-hybridized carbons (Fsp3) is 0.556. The second-order valence-electron chi connectivity index (χ2n) is 6.06. The number of hydrogen-bond acceptors (Lipinski definition) is 4. The van der Waals surface area contributed by atoms with Gasteiger partial charge in [-0.05, 0) is 51.3 Å². The maximum absolute atomic E-state index is 4.54. The van der Waals surface area contributed by atoms with E-state index in [2.05, 4.69) is 66.3 Å². The number of rotatable bonds is 4. The standard InChI is InChI=1S/C18H28N4/c1-6-8-16(7-2)11-17-14(4)15(5)18(21-20-17)22-10-9-19-13(3)12-22/h6-8,13,19H,9-12H2,1-5H3/b8-6-,16-7+/t13-/m1/s1. The van der Waals surface area contributed by atoms with Crippen LogP contribution in [0.1, 0.15) is 37.6 Å². The summed E-state index contributed by atoms with van der Waals surface area (Å²) >= 11 is 0. The highest BCUT2D eigenvalue weighted by Crippen LogP contribution is 2.23. The molecular weight excluding hydrogens is 272 g/mol. The average Bonchev–Trinajstić information content (AvgIpc) is 2.51. The van der Waals surface area contributed by atoms with Crippen LogP contribution in [0.15, 0.2) is 23.8 Å². The molecule has 4 heteroatoms. The van der Waals surface area contributed by atoms with Crippen molar-refractivity contribution in [3.63, 3.8) is 0 Å². The highest BCUT2D eigenvalue weighted by atomic mass is 15.3. The topological polar surface area (TPSA) is 41.1 Å². The molecule has 22 heavy (non-hydrogen) atoms. The molecule has 2 rings (SSSR count). The van der Waals surface area contributed by atoms with Crippen LogP contribution in [0.25, 0.3) is 0 Å². The molecular formula is C18H28N4. The molecule has 1 aromatic rings. The largest absolute Gasteiger partial charge is 0.352 e. The van der Waals surface area contributed by atoms with Gasteiger partial charge in [-0.1, -0.05) is 18.2 Å². The summed E-state index contributed by atoms with van der Waals surface area (Å²) in [5, 5.41) is 12.5. The van der Waals surface area contributed by atoms with E-state index in [1.807, 2.05) is 6.92 Å². The van der Waals surface area contributed by atoms with Gasteiger partial charge >= 0.3 is 0 Å². The molecule has 0 amide bonds. The molecule has 1 aliphatic heterocycles. The van der Waals surface area contributed by atoms with Crippen LogP contribution in [-0.4, -0.2) is 35.9 Å². The van der Waals surface area contributed by atoms with Crippen molar-refractivity contribution in [3.05, 3.63) is 40.6 Å². The van der Waals surface area contributed by atoms with Gasteiger partial charge in [-0.25, -0.2) is 0 Å². The quantitative estimate of drug-likeness (QED) is 0.868. The van der Waals surface area contributed by atoms with Crippen LogP contribution in [0, 0.1) is 13.8 Å². The Hall–Kier alpha value is -1.68. The zero-order valence-corrected chi connectivity index (χ0v) is 14.5. The van der Waals surface area contributed by atoms with E-state index in [1.165, 1.54) is 16.7 Å². The Labute approximate surface area is 134 Å². The number of nitrogens with zero attached hydrogens (tertiary/aromatic N) is 3. The smallest absolute Gasteiger partial charge is 0.154 e. The van der Waals surface area contributed by atoms with Gasteiger partial charge in [0.05, 0.1) is 5.69 Å². The average molecular weight is 300 g/mol. The van der Waals surface area contributed by atoms with E-state index in [0.717, 1.165) is 37.6 Å². The van der Waals surface area contributed by atoms with E-state index < -0.39 is 0 Å². The normalized spacial score (nSPS) is 20.0. The molecule has 1 aliphatic rings. The Morgan fingerprint density at radius 1 is 1.27 bits per heavy atom. The molecule has 4 nitrogen and oxygen atoms in total. The minimum Gasteiger partial charge on any atom is -0.352 e. The number of anilines is 1. The second-order valence-corrected chi connectivity index (χ2v) is 6.06. The molecule has 0 saturated carbocycles. The van der Waals surface area contributed by atoms with Gasteiger partial charge in [0.25, 0.3) is 0 Å². The fourth-order valence-electron chi connectivity index (χ4n) is 2.90. The Bertz CT molecular complexity index is 575. The Morgan fingerprint density at radius 2 is 2.05 bits per heavy atom. The first-order chi connectivity index (χ1) is 10.6. The van der Waals surface area contributed by atoms with Crippen molar-refractivity contribution in [2.45, 2.75) is 47.1 Å². The lowest BCUT2D eigenvalue weighted by Crippen LogP contribution is -2.49. The number of piperazine rings is 1. The van der Waals surface area contributed by atoms with Crippen molar-refractivity contribution in [2.75, 3.05) is 24.5 Å². The number of aromatic nitrogens is 2. The van der Waals surface area contributed by atoms with Crippen LogP contribution in [0.5, 0.6) is 0 Å². The first-order valence-electron chi connectivity index (χ1n) is 8.15. The fourth-order valence-corrected chi connectivity index (χ4v) is 2.90. The minimum atomic E-state index is 0.499. The lowest BCUT2D eigenvalue weighted by atomic mass is 10.0. The Balaban J connectivity index is 2.25. The van der Waals surface area contributed by atoms with Crippen LogP contribution in [0.3, 0.4) is 0 Å². The van der Waals surface area contributed by atoms with Gasteiger partial charge in [-0.2, -0.15) is 5.10 Å². The van der Waals surface area contributed by atoms with Crippen LogP contribution < -0.4 is 10.2 Å². The number of hydrogen-bond donors (Lipinski definition) is 1. The summed E-state index contributed by atoms with van der Waals surface area (Å²) < 4.78 is 0. The molecule has 0 spiro atoms. The first kappa shape index (κ1) is 16.7. The van der Waals surface area contributed by atoms with Gasteiger partial charge in [0.2, 0.25) is 0 Å². The van der Waals surface area contributed by atoms with Crippen LogP contribution in [-0.2, 0) is 6.42 Å². The molecule has 0 radical (unpaired) electrons. The van der Waals surface area contributed by atoms with E-state index in [4.69, 9.17) is 0 Å². The van der Waals surface area contributed by atoms with Gasteiger partial charge in [0.15, 0.2) is 5.82 Å². The van der Waals surface area contributed by atoms with Crippen molar-refractivity contribution in [1.29, 1.82) is 0 Å². The van der Waals surface area contributed by atoms with E-state index in [-0.39, 0.29) is 0 Å². The summed E-state index contributed by atoms with van der Waals surface area (Å²) in [6.45, 7) is 13.7. The summed E-state index contributed by atoms with van der Waals surface area (Å²) in [5.74, 6) is 1.04. The molecule has 120 valence electrons. The highest BCUT2D eigenvalue weighted by molar-refractivity contribution is 5.51. The lowest BCUT2D eigenvalue weighted by molar-refractivity contribution is 0.480. The van der Waals surface area contributed by atoms with Crippen LogP contribution in [0.2, 0.25) is 0 Å². The first-order valence-corrected chi connectivity index (χ1v) is 8.15. The minimum absolute atomic E-state index is 0.499. The third kappa shape index (κ3) is 3.74. The predicted molar refractivity (Wildman–Crippen MR) is 93.5 cm³/mol. The maximum Gasteiger partial charge on any atom is 0.154 e. The zero-order chi connectivity index (χ0) is 16.1. The molecule has 1 fully saturated rings. The van der Waals surface area contributed by atoms with Gasteiger partial charge < -0.3 is 10.2 Å². The van der Waals surface area contributed by atoms with Crippen molar-refractivity contribution in [2.24, 2.45) is 0 Å². The molecule has 0 unspecified atom stereocenters. The van der Waals surface area contributed by atoms with E-state index in [0.29, 0.717) is 6.04 Å². The Kier molecular flexibility index (Phi) is 5.72. The van der Waals surface area contributed by atoms with Crippen LogP contribution >= 0.6 is 0 Å². The third-order valence-corrected chi connectivity index (χ3v) is 4.39. The summed E-state index contributed by atoms with van der Waals surface area (Å²) in [6, 6.07) is 0.499. The SMILES string of the molecule is C/C=C\C(=C/C)Cc1nnc(N2CCN[C@H](C)C2)c(C)c1C.